The Morgan fingerprint density at radius 2 is 2.11 bits per heavy atom. The van der Waals surface area contributed by atoms with Crippen LogP contribution in [0.2, 0.25) is 0 Å². The predicted octanol–water partition coefficient (Wildman–Crippen LogP) is 3.46. The normalized spacial score (nSPS) is 17.9. The molecule has 1 aromatic rings. The maximum atomic E-state index is 13.2. The van der Waals surface area contributed by atoms with Gasteiger partial charge in [0.15, 0.2) is 11.6 Å². The third-order valence-electron chi connectivity index (χ3n) is 3.29. The van der Waals surface area contributed by atoms with E-state index in [2.05, 4.69) is 0 Å². The van der Waals surface area contributed by atoms with Crippen LogP contribution in [0.3, 0.4) is 0 Å². The largest absolute Gasteiger partial charge is 0.505 e. The standard InChI is InChI=1S/C14H19FO3/c1-2-17-14(10-5-3-4-6-10)18-11-7-8-13(16)12(15)9-11/h7-10,14,16H,2-6H2,1H3/t14-/m1/s1. The second-order valence-electron chi connectivity index (χ2n) is 4.60. The number of hydrogen-bond acceptors (Lipinski definition) is 3. The number of phenols is 1. The zero-order chi connectivity index (χ0) is 13.0. The Morgan fingerprint density at radius 1 is 1.39 bits per heavy atom. The number of hydrogen-bond donors (Lipinski definition) is 1. The molecule has 0 unspecified atom stereocenters. The molecular weight excluding hydrogens is 235 g/mol. The Balaban J connectivity index is 2.04. The first-order chi connectivity index (χ1) is 8.70. The van der Waals surface area contributed by atoms with Crippen molar-refractivity contribution in [1.82, 2.24) is 0 Å². The Bertz CT molecular complexity index is 389. The number of benzene rings is 1. The molecule has 0 spiro atoms. The molecule has 1 aliphatic rings. The van der Waals surface area contributed by atoms with Crippen LogP contribution < -0.4 is 4.74 Å². The van der Waals surface area contributed by atoms with E-state index in [0.717, 1.165) is 12.8 Å². The average molecular weight is 254 g/mol. The minimum atomic E-state index is -0.672. The van der Waals surface area contributed by atoms with Crippen molar-refractivity contribution in [2.45, 2.75) is 38.9 Å². The van der Waals surface area contributed by atoms with Crippen molar-refractivity contribution < 1.29 is 19.0 Å². The van der Waals surface area contributed by atoms with Gasteiger partial charge < -0.3 is 14.6 Å². The first-order valence-corrected chi connectivity index (χ1v) is 6.47. The maximum Gasteiger partial charge on any atom is 0.202 e. The van der Waals surface area contributed by atoms with Crippen LogP contribution in [0.25, 0.3) is 0 Å². The van der Waals surface area contributed by atoms with Gasteiger partial charge in [0, 0.05) is 18.6 Å². The molecule has 0 aliphatic heterocycles. The molecule has 2 rings (SSSR count). The van der Waals surface area contributed by atoms with E-state index in [4.69, 9.17) is 14.6 Å². The van der Waals surface area contributed by atoms with Gasteiger partial charge in [0.05, 0.1) is 0 Å². The second-order valence-corrected chi connectivity index (χ2v) is 4.60. The van der Waals surface area contributed by atoms with Gasteiger partial charge >= 0.3 is 0 Å². The van der Waals surface area contributed by atoms with Crippen LogP contribution in [-0.4, -0.2) is 18.0 Å². The van der Waals surface area contributed by atoms with E-state index >= 15 is 0 Å². The summed E-state index contributed by atoms with van der Waals surface area (Å²) in [5.74, 6) is -0.261. The van der Waals surface area contributed by atoms with Crippen LogP contribution in [0.4, 0.5) is 4.39 Å². The molecule has 3 nitrogen and oxygen atoms in total. The fraction of sp³-hybridized carbons (Fsp3) is 0.571. The van der Waals surface area contributed by atoms with Crippen molar-refractivity contribution in [3.8, 4) is 11.5 Å². The van der Waals surface area contributed by atoms with Gasteiger partial charge in [-0.05, 0) is 31.9 Å². The average Bonchev–Trinajstić information content (AvgIpc) is 2.87. The van der Waals surface area contributed by atoms with Crippen molar-refractivity contribution >= 4 is 0 Å². The van der Waals surface area contributed by atoms with Gasteiger partial charge in [0.2, 0.25) is 6.29 Å². The summed E-state index contributed by atoms with van der Waals surface area (Å²) in [6.07, 6.45) is 4.25. The molecule has 18 heavy (non-hydrogen) atoms. The molecule has 1 atom stereocenters. The van der Waals surface area contributed by atoms with Crippen LogP contribution in [0.15, 0.2) is 18.2 Å². The highest BCUT2D eigenvalue weighted by Gasteiger charge is 2.27. The highest BCUT2D eigenvalue weighted by Crippen LogP contribution is 2.31. The zero-order valence-electron chi connectivity index (χ0n) is 10.6. The van der Waals surface area contributed by atoms with E-state index < -0.39 is 5.82 Å². The minimum Gasteiger partial charge on any atom is -0.505 e. The van der Waals surface area contributed by atoms with Gasteiger partial charge in [0.25, 0.3) is 0 Å². The van der Waals surface area contributed by atoms with Crippen LogP contribution >= 0.6 is 0 Å². The Morgan fingerprint density at radius 3 is 2.72 bits per heavy atom. The summed E-state index contributed by atoms with van der Waals surface area (Å²) >= 11 is 0. The fourth-order valence-electron chi connectivity index (χ4n) is 2.36. The van der Waals surface area contributed by atoms with Gasteiger partial charge in [-0.2, -0.15) is 0 Å². The molecule has 1 fully saturated rings. The van der Waals surface area contributed by atoms with E-state index in [1.165, 1.54) is 25.0 Å². The lowest BCUT2D eigenvalue weighted by atomic mass is 10.1. The molecule has 0 heterocycles. The van der Waals surface area contributed by atoms with E-state index in [1.807, 2.05) is 6.92 Å². The van der Waals surface area contributed by atoms with Crippen molar-refractivity contribution in [1.29, 1.82) is 0 Å². The van der Waals surface area contributed by atoms with Crippen LogP contribution in [-0.2, 0) is 4.74 Å². The van der Waals surface area contributed by atoms with Gasteiger partial charge in [-0.3, -0.25) is 0 Å². The number of rotatable bonds is 5. The molecule has 0 aromatic heterocycles. The lowest BCUT2D eigenvalue weighted by Gasteiger charge is -2.24. The zero-order valence-corrected chi connectivity index (χ0v) is 10.6. The molecule has 0 bridgehead atoms. The van der Waals surface area contributed by atoms with E-state index in [0.29, 0.717) is 18.3 Å². The van der Waals surface area contributed by atoms with Crippen molar-refractivity contribution in [2.24, 2.45) is 5.92 Å². The molecule has 0 amide bonds. The fourth-order valence-corrected chi connectivity index (χ4v) is 2.36. The third-order valence-corrected chi connectivity index (χ3v) is 3.29. The summed E-state index contributed by atoms with van der Waals surface area (Å²) in [6.45, 7) is 2.49. The monoisotopic (exact) mass is 254 g/mol. The predicted molar refractivity (Wildman–Crippen MR) is 66.1 cm³/mol. The molecule has 0 saturated heterocycles. The molecule has 1 N–H and O–H groups in total. The van der Waals surface area contributed by atoms with Crippen molar-refractivity contribution in [2.75, 3.05) is 6.61 Å². The van der Waals surface area contributed by atoms with Gasteiger partial charge in [0.1, 0.15) is 5.75 Å². The molecule has 1 saturated carbocycles. The van der Waals surface area contributed by atoms with Crippen molar-refractivity contribution in [3.63, 3.8) is 0 Å². The quantitative estimate of drug-likeness (QED) is 0.818. The minimum absolute atomic E-state index is 0.318. The summed E-state index contributed by atoms with van der Waals surface area (Å²) in [4.78, 5) is 0. The molecule has 1 aromatic carbocycles. The molecule has 100 valence electrons. The molecule has 1 aliphatic carbocycles. The van der Waals surface area contributed by atoms with E-state index in [-0.39, 0.29) is 12.0 Å². The van der Waals surface area contributed by atoms with Gasteiger partial charge in [-0.25, -0.2) is 4.39 Å². The Hall–Kier alpha value is -1.29. The summed E-state index contributed by atoms with van der Waals surface area (Å²) < 4.78 is 24.5. The third kappa shape index (κ3) is 3.13. The van der Waals surface area contributed by atoms with Gasteiger partial charge in [-0.15, -0.1) is 0 Å². The smallest absolute Gasteiger partial charge is 0.202 e. The highest BCUT2D eigenvalue weighted by molar-refractivity contribution is 5.32. The SMILES string of the molecule is CCO[C@H](Oc1ccc(O)c(F)c1)C1CCCC1. The van der Waals surface area contributed by atoms with E-state index in [9.17, 15) is 4.39 Å². The number of ether oxygens (including phenoxy) is 2. The molecular formula is C14H19FO3. The topological polar surface area (TPSA) is 38.7 Å². The van der Waals surface area contributed by atoms with Crippen LogP contribution in [0.1, 0.15) is 32.6 Å². The van der Waals surface area contributed by atoms with Crippen LogP contribution in [0.5, 0.6) is 11.5 Å². The number of halogens is 1. The lowest BCUT2D eigenvalue weighted by Crippen LogP contribution is -2.28. The summed E-state index contributed by atoms with van der Waals surface area (Å²) in [5, 5.41) is 9.13. The van der Waals surface area contributed by atoms with Crippen LogP contribution in [0, 0.1) is 11.7 Å². The second kappa shape index (κ2) is 6.05. The highest BCUT2D eigenvalue weighted by atomic mass is 19.1. The first-order valence-electron chi connectivity index (χ1n) is 6.47. The maximum absolute atomic E-state index is 13.2. The summed E-state index contributed by atoms with van der Waals surface area (Å²) in [7, 11) is 0. The summed E-state index contributed by atoms with van der Waals surface area (Å²) in [5.41, 5.74) is 0. The Labute approximate surface area is 107 Å². The molecule has 4 heteroatoms. The van der Waals surface area contributed by atoms with Crippen molar-refractivity contribution in [3.05, 3.63) is 24.0 Å². The molecule has 0 radical (unpaired) electrons. The lowest BCUT2D eigenvalue weighted by molar-refractivity contribution is -0.110. The summed E-state index contributed by atoms with van der Waals surface area (Å²) in [6, 6.07) is 4.04. The number of aromatic hydroxyl groups is 1. The number of phenolic OH excluding ortho intramolecular Hbond substituents is 1. The van der Waals surface area contributed by atoms with E-state index in [1.54, 1.807) is 6.07 Å². The first kappa shape index (κ1) is 13.1. The Kier molecular flexibility index (Phi) is 4.42. The van der Waals surface area contributed by atoms with Gasteiger partial charge in [-0.1, -0.05) is 12.8 Å².